The van der Waals surface area contributed by atoms with Crippen molar-refractivity contribution in [1.29, 1.82) is 0 Å². The van der Waals surface area contributed by atoms with Gasteiger partial charge in [-0.25, -0.2) is 13.4 Å². The molecule has 1 aromatic rings. The van der Waals surface area contributed by atoms with Gasteiger partial charge in [-0.05, 0) is 59.7 Å². The summed E-state index contributed by atoms with van der Waals surface area (Å²) in [6.07, 6.45) is 5.20. The van der Waals surface area contributed by atoms with Gasteiger partial charge in [0.15, 0.2) is 0 Å². The van der Waals surface area contributed by atoms with E-state index in [-0.39, 0.29) is 5.16 Å². The van der Waals surface area contributed by atoms with E-state index in [1.165, 1.54) is 19.4 Å². The number of imidazole rings is 1. The fourth-order valence-electron chi connectivity index (χ4n) is 3.49. The van der Waals surface area contributed by atoms with Gasteiger partial charge in [-0.15, -0.1) is 0 Å². The molecule has 0 radical (unpaired) electrons. The van der Waals surface area contributed by atoms with E-state index >= 15 is 0 Å². The summed E-state index contributed by atoms with van der Waals surface area (Å²) in [5, 5.41) is -0.227. The van der Waals surface area contributed by atoms with E-state index in [9.17, 15) is 8.42 Å². The van der Waals surface area contributed by atoms with Crippen molar-refractivity contribution >= 4 is 9.84 Å². The first kappa shape index (κ1) is 21.4. The quantitative estimate of drug-likeness (QED) is 0.655. The van der Waals surface area contributed by atoms with Crippen LogP contribution in [0.3, 0.4) is 0 Å². The van der Waals surface area contributed by atoms with Crippen LogP contribution in [0.4, 0.5) is 0 Å². The lowest BCUT2D eigenvalue weighted by molar-refractivity contribution is 0.212. The summed E-state index contributed by atoms with van der Waals surface area (Å²) in [4.78, 5) is 9.04. The highest BCUT2D eigenvalue weighted by molar-refractivity contribution is 7.91. The Balaban J connectivity index is 2.19. The van der Waals surface area contributed by atoms with Gasteiger partial charge in [0.25, 0.3) is 0 Å². The van der Waals surface area contributed by atoms with Crippen LogP contribution in [0.1, 0.15) is 52.7 Å². The molecule has 1 saturated heterocycles. The van der Waals surface area contributed by atoms with Crippen molar-refractivity contribution in [2.45, 2.75) is 76.5 Å². The molecular formula is C19H36N4O2S. The fourth-order valence-corrected chi connectivity index (χ4v) is 4.63. The second kappa shape index (κ2) is 8.85. The summed E-state index contributed by atoms with van der Waals surface area (Å²) in [6.45, 7) is 11.4. The second-order valence-corrected chi connectivity index (χ2v) is 10.8. The molecule has 0 saturated carbocycles. The fraction of sp³-hybridized carbons (Fsp3) is 0.842. The molecule has 150 valence electrons. The normalized spacial score (nSPS) is 19.3. The minimum Gasteiger partial charge on any atom is -0.318 e. The number of aromatic nitrogens is 2. The van der Waals surface area contributed by atoms with Gasteiger partial charge >= 0.3 is 0 Å². The summed E-state index contributed by atoms with van der Waals surface area (Å²) in [6, 6.07) is 0.589. The maximum Gasteiger partial charge on any atom is 0.228 e. The van der Waals surface area contributed by atoms with Crippen LogP contribution < -0.4 is 0 Å². The summed E-state index contributed by atoms with van der Waals surface area (Å²) >= 11 is 0. The van der Waals surface area contributed by atoms with Crippen LogP contribution in [-0.4, -0.2) is 66.2 Å². The number of likely N-dealkylation sites (N-methyl/N-ethyl adjacent to an activating group) is 2. The molecule has 0 amide bonds. The predicted octanol–water partition coefficient (Wildman–Crippen LogP) is 2.64. The Bertz CT molecular complexity index is 682. The van der Waals surface area contributed by atoms with E-state index in [0.717, 1.165) is 25.2 Å². The van der Waals surface area contributed by atoms with Crippen LogP contribution in [0.5, 0.6) is 0 Å². The van der Waals surface area contributed by atoms with Crippen LogP contribution in [0, 0.1) is 5.92 Å². The molecule has 0 bridgehead atoms. The van der Waals surface area contributed by atoms with Crippen LogP contribution in [-0.2, 0) is 22.9 Å². The molecule has 1 aliphatic rings. The third-order valence-electron chi connectivity index (χ3n) is 5.33. The molecule has 2 heterocycles. The monoisotopic (exact) mass is 384 g/mol. The number of hydrogen-bond donors (Lipinski definition) is 0. The molecule has 0 spiro atoms. The first-order chi connectivity index (χ1) is 12.1. The first-order valence-corrected chi connectivity index (χ1v) is 11.3. The lowest BCUT2D eigenvalue weighted by Gasteiger charge is -2.26. The molecule has 2 rings (SSSR count). The lowest BCUT2D eigenvalue weighted by atomic mass is 10.1. The maximum absolute atomic E-state index is 12.7. The van der Waals surface area contributed by atoms with Crippen molar-refractivity contribution in [2.24, 2.45) is 5.92 Å². The van der Waals surface area contributed by atoms with Gasteiger partial charge in [-0.2, -0.15) is 0 Å². The zero-order valence-electron chi connectivity index (χ0n) is 17.3. The molecule has 1 fully saturated rings. The van der Waals surface area contributed by atoms with Crippen molar-refractivity contribution in [2.75, 3.05) is 27.2 Å². The number of nitrogens with zero attached hydrogens (tertiary/aromatic N) is 4. The zero-order chi connectivity index (χ0) is 19.5. The van der Waals surface area contributed by atoms with Crippen LogP contribution >= 0.6 is 0 Å². The predicted molar refractivity (Wildman–Crippen MR) is 106 cm³/mol. The number of hydrogen-bond acceptors (Lipinski definition) is 5. The third kappa shape index (κ3) is 5.08. The van der Waals surface area contributed by atoms with E-state index in [0.29, 0.717) is 18.5 Å². The average Bonchev–Trinajstić information content (AvgIpc) is 3.12. The standard InChI is InChI=1S/C19H36N4O2S/c1-15(2)9-11-23-18(12-20-19(23)26(24,25)16(3)4)14-21(5)13-17-8-7-10-22(17)6/h12,15-17H,7-11,13-14H2,1-6H3/t17-/m1/s1. The molecular weight excluding hydrogens is 348 g/mol. The Morgan fingerprint density at radius 2 is 2.00 bits per heavy atom. The Labute approximate surface area is 159 Å². The zero-order valence-corrected chi connectivity index (χ0v) is 18.1. The molecule has 0 N–H and O–H groups in total. The molecule has 1 aliphatic heterocycles. The number of sulfone groups is 1. The largest absolute Gasteiger partial charge is 0.318 e. The van der Waals surface area contributed by atoms with Crippen molar-refractivity contribution in [3.8, 4) is 0 Å². The Kier molecular flexibility index (Phi) is 7.27. The van der Waals surface area contributed by atoms with E-state index in [1.54, 1.807) is 20.0 Å². The summed E-state index contributed by atoms with van der Waals surface area (Å²) in [5.74, 6) is 0.518. The van der Waals surface area contributed by atoms with Gasteiger partial charge in [-0.3, -0.25) is 4.90 Å². The molecule has 0 aromatic carbocycles. The molecule has 1 aromatic heterocycles. The van der Waals surface area contributed by atoms with Crippen LogP contribution in [0.15, 0.2) is 11.4 Å². The van der Waals surface area contributed by atoms with Crippen molar-refractivity contribution in [1.82, 2.24) is 19.4 Å². The van der Waals surface area contributed by atoms with E-state index < -0.39 is 15.1 Å². The van der Waals surface area contributed by atoms with Gasteiger partial charge in [0.1, 0.15) is 0 Å². The van der Waals surface area contributed by atoms with E-state index in [1.807, 2.05) is 4.57 Å². The molecule has 6 nitrogen and oxygen atoms in total. The van der Waals surface area contributed by atoms with Crippen LogP contribution in [0.25, 0.3) is 0 Å². The van der Waals surface area contributed by atoms with Gasteiger partial charge < -0.3 is 9.47 Å². The highest BCUT2D eigenvalue weighted by Gasteiger charge is 2.28. The molecule has 7 heteroatoms. The highest BCUT2D eigenvalue weighted by Crippen LogP contribution is 2.21. The van der Waals surface area contributed by atoms with Crippen molar-refractivity contribution < 1.29 is 8.42 Å². The second-order valence-electron chi connectivity index (χ2n) is 8.43. The topological polar surface area (TPSA) is 58.4 Å². The molecule has 26 heavy (non-hydrogen) atoms. The highest BCUT2D eigenvalue weighted by atomic mass is 32.2. The van der Waals surface area contributed by atoms with Crippen molar-refractivity contribution in [3.63, 3.8) is 0 Å². The van der Waals surface area contributed by atoms with Crippen LogP contribution in [0.2, 0.25) is 0 Å². The number of rotatable bonds is 9. The van der Waals surface area contributed by atoms with E-state index in [2.05, 4.69) is 42.7 Å². The van der Waals surface area contributed by atoms with Gasteiger partial charge in [-0.1, -0.05) is 13.8 Å². The SMILES string of the molecule is CC(C)CCn1c(CN(C)C[C@H]2CCCN2C)cnc1S(=O)(=O)C(C)C. The maximum atomic E-state index is 12.7. The van der Waals surface area contributed by atoms with Gasteiger partial charge in [0.2, 0.25) is 15.0 Å². The lowest BCUT2D eigenvalue weighted by Crippen LogP contribution is -2.36. The minimum atomic E-state index is -3.38. The van der Waals surface area contributed by atoms with Gasteiger partial charge in [0.05, 0.1) is 17.1 Å². The average molecular weight is 385 g/mol. The summed E-state index contributed by atoms with van der Waals surface area (Å²) in [5.41, 5.74) is 0.994. The Morgan fingerprint density at radius 1 is 1.31 bits per heavy atom. The molecule has 0 aliphatic carbocycles. The third-order valence-corrected chi connectivity index (χ3v) is 7.41. The first-order valence-electron chi connectivity index (χ1n) is 9.80. The van der Waals surface area contributed by atoms with Gasteiger partial charge in [0, 0.05) is 25.7 Å². The molecule has 0 unspecified atom stereocenters. The molecule has 1 atom stereocenters. The minimum absolute atomic E-state index is 0.231. The smallest absolute Gasteiger partial charge is 0.228 e. The summed E-state index contributed by atoms with van der Waals surface area (Å²) < 4.78 is 27.4. The Morgan fingerprint density at radius 3 is 2.54 bits per heavy atom. The Hall–Kier alpha value is -0.920. The van der Waals surface area contributed by atoms with E-state index in [4.69, 9.17) is 0 Å². The number of likely N-dealkylation sites (tertiary alicyclic amines) is 1. The summed E-state index contributed by atoms with van der Waals surface area (Å²) in [7, 11) is 0.923. The van der Waals surface area contributed by atoms with Crippen molar-refractivity contribution in [3.05, 3.63) is 11.9 Å².